The topological polar surface area (TPSA) is 121 Å². The van der Waals surface area contributed by atoms with E-state index in [4.69, 9.17) is 14.7 Å². The Morgan fingerprint density at radius 2 is 1.78 bits per heavy atom. The van der Waals surface area contributed by atoms with Crippen LogP contribution in [-0.2, 0) is 16.9 Å². The van der Waals surface area contributed by atoms with Crippen LogP contribution in [0.5, 0.6) is 5.75 Å². The number of piperazine rings is 1. The van der Waals surface area contributed by atoms with Crippen molar-refractivity contribution in [2.24, 2.45) is 5.92 Å². The Morgan fingerprint density at radius 1 is 1.02 bits per heavy atom. The van der Waals surface area contributed by atoms with Crippen LogP contribution < -0.4 is 19.9 Å². The number of nitrogens with zero attached hydrogens (tertiary/aromatic N) is 7. The number of aromatic nitrogens is 4. The molecule has 1 amide bonds. The average molecular weight is 691 g/mol. The van der Waals surface area contributed by atoms with Crippen LogP contribution in [0.3, 0.4) is 0 Å². The van der Waals surface area contributed by atoms with Crippen molar-refractivity contribution in [1.29, 1.82) is 5.26 Å². The largest absolute Gasteiger partial charge is 0.493 e. The maximum absolute atomic E-state index is 15.0. The summed E-state index contributed by atoms with van der Waals surface area (Å²) in [7, 11) is 0. The number of hydrogen-bond donors (Lipinski definition) is 1. The van der Waals surface area contributed by atoms with E-state index >= 15 is 4.39 Å². The molecule has 0 radical (unpaired) electrons. The second-order valence-corrected chi connectivity index (χ2v) is 12.9. The minimum atomic E-state index is -1.03. The summed E-state index contributed by atoms with van der Waals surface area (Å²) in [4.78, 5) is 25.5. The van der Waals surface area contributed by atoms with E-state index in [1.807, 2.05) is 31.2 Å². The van der Waals surface area contributed by atoms with Crippen molar-refractivity contribution < 1.29 is 23.0 Å². The maximum atomic E-state index is 15.0. The number of hydrogen-bond acceptors (Lipinski definition) is 9. The van der Waals surface area contributed by atoms with Crippen molar-refractivity contribution in [3.63, 3.8) is 0 Å². The number of nitriles is 1. The molecule has 2 fully saturated rings. The van der Waals surface area contributed by atoms with Crippen molar-refractivity contribution >= 4 is 23.1 Å². The number of benzene rings is 3. The molecule has 3 aromatic carbocycles. The van der Waals surface area contributed by atoms with Gasteiger partial charge in [0, 0.05) is 66.9 Å². The standard InChI is InChI=1S/C38H36F2N8O3/c1-26-16-32(47-14-12-46(13-15-47)31-5-2-29(3-6-31)37(49)45-36-17-27(20-41)10-11-43-36)7-9-35(26)50-21-28-19-38(51-22-28,23-48-25-42-24-44-48)33-8-4-30(39)18-34(33)40/h2-11,16-18,24-25,28H,12-15,19,21-23H2,1H3,(H,43,45,49)/t28-,38+/m1/s1. The van der Waals surface area contributed by atoms with Gasteiger partial charge in [-0.25, -0.2) is 23.4 Å². The Hall–Kier alpha value is -5.87. The van der Waals surface area contributed by atoms with E-state index in [9.17, 15) is 9.18 Å². The zero-order valence-corrected chi connectivity index (χ0v) is 28.0. The molecule has 0 aliphatic carbocycles. The molecule has 4 heterocycles. The molecular weight excluding hydrogens is 654 g/mol. The highest BCUT2D eigenvalue weighted by molar-refractivity contribution is 6.04. The van der Waals surface area contributed by atoms with Gasteiger partial charge >= 0.3 is 0 Å². The molecule has 1 N–H and O–H groups in total. The van der Waals surface area contributed by atoms with Gasteiger partial charge in [-0.1, -0.05) is 6.07 Å². The molecule has 0 spiro atoms. The molecule has 260 valence electrons. The fourth-order valence-corrected chi connectivity index (χ4v) is 6.79. The lowest BCUT2D eigenvalue weighted by molar-refractivity contribution is -0.0206. The fraction of sp³-hybridized carbons (Fsp3) is 0.289. The van der Waals surface area contributed by atoms with Crippen molar-refractivity contribution in [2.75, 3.05) is 54.5 Å². The zero-order chi connectivity index (χ0) is 35.4. The highest BCUT2D eigenvalue weighted by Gasteiger charge is 2.44. The minimum absolute atomic E-state index is 0.0212. The van der Waals surface area contributed by atoms with Gasteiger partial charge in [0.2, 0.25) is 0 Å². The Balaban J connectivity index is 0.926. The Kier molecular flexibility index (Phi) is 9.59. The molecule has 0 bridgehead atoms. The monoisotopic (exact) mass is 690 g/mol. The highest BCUT2D eigenvalue weighted by Crippen LogP contribution is 2.42. The predicted molar refractivity (Wildman–Crippen MR) is 187 cm³/mol. The van der Waals surface area contributed by atoms with Gasteiger partial charge in [-0.2, -0.15) is 10.4 Å². The molecule has 0 saturated carbocycles. The molecule has 13 heteroatoms. The molecule has 2 atom stereocenters. The van der Waals surface area contributed by atoms with Gasteiger partial charge < -0.3 is 24.6 Å². The van der Waals surface area contributed by atoms with Crippen LogP contribution in [0.4, 0.5) is 26.0 Å². The second-order valence-electron chi connectivity index (χ2n) is 12.9. The summed E-state index contributed by atoms with van der Waals surface area (Å²) in [5.74, 6) is -0.492. The maximum Gasteiger partial charge on any atom is 0.256 e. The van der Waals surface area contributed by atoms with E-state index in [1.54, 1.807) is 29.2 Å². The molecule has 2 aromatic heterocycles. The quantitative estimate of drug-likeness (QED) is 0.196. The number of carbonyl (C=O) groups excluding carboxylic acids is 1. The second kappa shape index (κ2) is 14.5. The minimum Gasteiger partial charge on any atom is -0.493 e. The summed E-state index contributed by atoms with van der Waals surface area (Å²) < 4.78 is 42.9. The smallest absolute Gasteiger partial charge is 0.256 e. The van der Waals surface area contributed by atoms with Gasteiger partial charge in [0.25, 0.3) is 5.91 Å². The molecule has 2 saturated heterocycles. The predicted octanol–water partition coefficient (Wildman–Crippen LogP) is 5.72. The van der Waals surface area contributed by atoms with Crippen LogP contribution in [0.15, 0.2) is 91.6 Å². The first-order chi connectivity index (χ1) is 24.8. The molecule has 11 nitrogen and oxygen atoms in total. The Morgan fingerprint density at radius 3 is 2.49 bits per heavy atom. The zero-order valence-electron chi connectivity index (χ0n) is 28.0. The van der Waals surface area contributed by atoms with Crippen molar-refractivity contribution in [1.82, 2.24) is 19.7 Å². The number of halogens is 2. The molecule has 7 rings (SSSR count). The van der Waals surface area contributed by atoms with Crippen LogP contribution in [0.1, 0.15) is 33.5 Å². The fourth-order valence-electron chi connectivity index (χ4n) is 6.79. The van der Waals surface area contributed by atoms with E-state index in [2.05, 4.69) is 42.3 Å². The van der Waals surface area contributed by atoms with Crippen LogP contribution in [-0.4, -0.2) is 65.0 Å². The summed E-state index contributed by atoms with van der Waals surface area (Å²) in [5, 5.41) is 16.0. The third-order valence-electron chi connectivity index (χ3n) is 9.42. The number of pyridine rings is 1. The number of nitrogens with one attached hydrogen (secondary N) is 1. The number of rotatable bonds is 10. The summed E-state index contributed by atoms with van der Waals surface area (Å²) in [6.45, 7) is 6.31. The van der Waals surface area contributed by atoms with Crippen molar-refractivity contribution in [3.05, 3.63) is 126 Å². The number of ether oxygens (including phenoxy) is 2. The third-order valence-corrected chi connectivity index (χ3v) is 9.42. The van der Waals surface area contributed by atoms with Crippen LogP contribution >= 0.6 is 0 Å². The molecule has 51 heavy (non-hydrogen) atoms. The summed E-state index contributed by atoms with van der Waals surface area (Å²) in [6.07, 6.45) is 4.93. The number of aryl methyl sites for hydroxylation is 1. The molecule has 5 aromatic rings. The Labute approximate surface area is 294 Å². The van der Waals surface area contributed by atoms with Gasteiger partial charge in [0.05, 0.1) is 31.4 Å². The van der Waals surface area contributed by atoms with E-state index in [1.165, 1.54) is 30.7 Å². The van der Waals surface area contributed by atoms with E-state index in [-0.39, 0.29) is 18.4 Å². The highest BCUT2D eigenvalue weighted by atomic mass is 19.1. The van der Waals surface area contributed by atoms with E-state index < -0.39 is 17.2 Å². The normalized spacial score (nSPS) is 18.7. The summed E-state index contributed by atoms with van der Waals surface area (Å²) >= 11 is 0. The van der Waals surface area contributed by atoms with Crippen LogP contribution in [0.25, 0.3) is 0 Å². The number of anilines is 3. The van der Waals surface area contributed by atoms with Gasteiger partial charge in [0.15, 0.2) is 0 Å². The SMILES string of the molecule is Cc1cc(N2CCN(c3ccc(C(=O)Nc4cc(C#N)ccn4)cc3)CC2)ccc1OC[C@@H]1CO[C@@](Cn2cncn2)(c2ccc(F)cc2F)C1. The number of carbonyl (C=O) groups is 1. The molecular formula is C38H36F2N8O3. The lowest BCUT2D eigenvalue weighted by Crippen LogP contribution is -2.46. The molecule has 0 unspecified atom stereocenters. The van der Waals surface area contributed by atoms with Gasteiger partial charge in [-0.3, -0.25) is 4.79 Å². The molecule has 2 aliphatic rings. The van der Waals surface area contributed by atoms with Crippen LogP contribution in [0, 0.1) is 35.8 Å². The lowest BCUT2D eigenvalue weighted by Gasteiger charge is -2.37. The van der Waals surface area contributed by atoms with E-state index in [0.29, 0.717) is 42.1 Å². The van der Waals surface area contributed by atoms with Gasteiger partial charge in [-0.15, -0.1) is 0 Å². The number of amides is 1. The summed E-state index contributed by atoms with van der Waals surface area (Å²) in [6, 6.07) is 22.4. The Bertz CT molecular complexity index is 2050. The third kappa shape index (κ3) is 7.51. The van der Waals surface area contributed by atoms with Crippen LogP contribution in [0.2, 0.25) is 0 Å². The first-order valence-corrected chi connectivity index (χ1v) is 16.7. The van der Waals surface area contributed by atoms with Crippen molar-refractivity contribution in [2.45, 2.75) is 25.5 Å². The van der Waals surface area contributed by atoms with Crippen molar-refractivity contribution in [3.8, 4) is 11.8 Å². The first kappa shape index (κ1) is 33.6. The first-order valence-electron chi connectivity index (χ1n) is 16.7. The van der Waals surface area contributed by atoms with Gasteiger partial charge in [-0.05, 0) is 79.6 Å². The summed E-state index contributed by atoms with van der Waals surface area (Å²) in [5.41, 5.74) is 3.37. The van der Waals surface area contributed by atoms with E-state index in [0.717, 1.165) is 54.9 Å². The molecule has 2 aliphatic heterocycles. The van der Waals surface area contributed by atoms with Gasteiger partial charge in [0.1, 0.15) is 41.5 Å². The average Bonchev–Trinajstić information content (AvgIpc) is 3.82. The lowest BCUT2D eigenvalue weighted by atomic mass is 9.87.